The highest BCUT2D eigenvalue weighted by Gasteiger charge is 2.74. The van der Waals surface area contributed by atoms with Crippen LogP contribution >= 0.6 is 69.6 Å². The SMILES string of the molecule is FC(F)(Cl)C(F)(OC(F)(Cl)C(F)(Cl)Cl)C(F)(Cl)Cl. The lowest BCUT2D eigenvalue weighted by Gasteiger charge is -2.37. The van der Waals surface area contributed by atoms with Crippen molar-refractivity contribution in [2.45, 2.75) is 25.7 Å². The standard InChI is InChI=1S/C5Cl6F6O/c6-2(7,13)1(12,4(10,15)16)18-5(11,17)3(8,9)14. The van der Waals surface area contributed by atoms with Crippen molar-refractivity contribution in [2.24, 2.45) is 0 Å². The summed E-state index contributed by atoms with van der Waals surface area (Å²) in [5.74, 6) is -5.30. The molecule has 0 saturated heterocycles. The van der Waals surface area contributed by atoms with Gasteiger partial charge >= 0.3 is 25.7 Å². The quantitative estimate of drug-likeness (QED) is 0.432. The first-order chi connectivity index (χ1) is 7.46. The van der Waals surface area contributed by atoms with Crippen LogP contribution in [0.3, 0.4) is 0 Å². The van der Waals surface area contributed by atoms with Crippen molar-refractivity contribution in [1.29, 1.82) is 0 Å². The van der Waals surface area contributed by atoms with Gasteiger partial charge in [-0.3, -0.25) is 4.74 Å². The molecule has 0 N–H and O–H groups in total. The van der Waals surface area contributed by atoms with Crippen LogP contribution in [0.2, 0.25) is 0 Å². The van der Waals surface area contributed by atoms with Crippen molar-refractivity contribution >= 4 is 69.6 Å². The van der Waals surface area contributed by atoms with Gasteiger partial charge in [0.25, 0.3) is 0 Å². The molecule has 0 spiro atoms. The number of hydrogen-bond acceptors (Lipinski definition) is 1. The maximum absolute atomic E-state index is 13.5. The average molecular weight is 403 g/mol. The van der Waals surface area contributed by atoms with Gasteiger partial charge in [0.05, 0.1) is 0 Å². The Balaban J connectivity index is 5.58. The van der Waals surface area contributed by atoms with Crippen molar-refractivity contribution in [3.63, 3.8) is 0 Å². The molecule has 0 aliphatic heterocycles. The third kappa shape index (κ3) is 3.90. The van der Waals surface area contributed by atoms with Crippen LogP contribution in [0.25, 0.3) is 0 Å². The molecule has 0 aliphatic carbocycles. The van der Waals surface area contributed by atoms with Gasteiger partial charge in [-0.05, 0) is 23.2 Å². The first-order valence-electron chi connectivity index (χ1n) is 3.43. The van der Waals surface area contributed by atoms with Crippen LogP contribution in [0.1, 0.15) is 0 Å². The van der Waals surface area contributed by atoms with Crippen molar-refractivity contribution in [2.75, 3.05) is 0 Å². The molecule has 18 heavy (non-hydrogen) atoms. The first-order valence-corrected chi connectivity index (χ1v) is 5.69. The number of ether oxygens (including phenoxy) is 1. The highest BCUT2D eigenvalue weighted by atomic mass is 35.5. The van der Waals surface area contributed by atoms with Crippen LogP contribution in [-0.4, -0.2) is 25.7 Å². The summed E-state index contributed by atoms with van der Waals surface area (Å²) in [6.45, 7) is 0. The minimum atomic E-state index is -5.35. The Morgan fingerprint density at radius 1 is 0.611 bits per heavy atom. The fourth-order valence-electron chi connectivity index (χ4n) is 0.511. The van der Waals surface area contributed by atoms with E-state index in [2.05, 4.69) is 74.3 Å². The van der Waals surface area contributed by atoms with Gasteiger partial charge in [0.2, 0.25) is 0 Å². The molecule has 0 fully saturated rings. The third-order valence-corrected chi connectivity index (χ3v) is 3.07. The summed E-state index contributed by atoms with van der Waals surface area (Å²) in [6.07, 6.45) is 0. The van der Waals surface area contributed by atoms with Gasteiger partial charge in [-0.25, -0.2) is 4.39 Å². The molecule has 13 heteroatoms. The minimum Gasteiger partial charge on any atom is -0.280 e. The van der Waals surface area contributed by atoms with Crippen LogP contribution < -0.4 is 0 Å². The largest absolute Gasteiger partial charge is 0.385 e. The van der Waals surface area contributed by atoms with E-state index in [0.29, 0.717) is 0 Å². The Morgan fingerprint density at radius 2 is 0.944 bits per heavy atom. The summed E-state index contributed by atoms with van der Waals surface area (Å²) in [6, 6.07) is 0. The fourth-order valence-corrected chi connectivity index (χ4v) is 1.27. The second kappa shape index (κ2) is 5.24. The van der Waals surface area contributed by atoms with E-state index in [1.54, 1.807) is 0 Å². The monoisotopic (exact) mass is 400 g/mol. The van der Waals surface area contributed by atoms with Gasteiger partial charge < -0.3 is 0 Å². The zero-order chi connectivity index (χ0) is 15.2. The predicted molar refractivity (Wildman–Crippen MR) is 56.5 cm³/mol. The lowest BCUT2D eigenvalue weighted by atomic mass is 10.3. The Morgan fingerprint density at radius 3 is 1.11 bits per heavy atom. The van der Waals surface area contributed by atoms with E-state index >= 15 is 0 Å². The average Bonchev–Trinajstić information content (AvgIpc) is 1.95. The van der Waals surface area contributed by atoms with Crippen LogP contribution in [0.15, 0.2) is 0 Å². The Hall–Kier alpha value is 1.28. The minimum absolute atomic E-state index is 2.99. The molecule has 110 valence electrons. The van der Waals surface area contributed by atoms with Gasteiger partial charge in [-0.2, -0.15) is 22.0 Å². The molecule has 0 bridgehead atoms. The summed E-state index contributed by atoms with van der Waals surface area (Å²) >= 11 is 26.2. The van der Waals surface area contributed by atoms with E-state index in [0.717, 1.165) is 0 Å². The van der Waals surface area contributed by atoms with Crippen LogP contribution in [-0.2, 0) is 4.74 Å². The van der Waals surface area contributed by atoms with Crippen LogP contribution in [0.5, 0.6) is 0 Å². The summed E-state index contributed by atoms with van der Waals surface area (Å²) < 4.78 is 71.5. The summed E-state index contributed by atoms with van der Waals surface area (Å²) in [5.41, 5.74) is 0. The van der Waals surface area contributed by atoms with E-state index < -0.39 is 25.7 Å². The second-order valence-corrected chi connectivity index (χ2v) is 6.14. The molecule has 0 aromatic heterocycles. The number of halogens is 12. The van der Waals surface area contributed by atoms with E-state index in [4.69, 9.17) is 0 Å². The maximum atomic E-state index is 13.5. The van der Waals surface area contributed by atoms with Crippen molar-refractivity contribution in [3.8, 4) is 0 Å². The Kier molecular flexibility index (Phi) is 5.61. The second-order valence-electron chi connectivity index (χ2n) is 2.71. The molecule has 0 amide bonds. The van der Waals surface area contributed by atoms with Gasteiger partial charge in [-0.15, -0.1) is 0 Å². The van der Waals surface area contributed by atoms with Gasteiger partial charge in [-0.1, -0.05) is 46.4 Å². The lowest BCUT2D eigenvalue weighted by molar-refractivity contribution is -0.327. The van der Waals surface area contributed by atoms with Crippen molar-refractivity contribution in [3.05, 3.63) is 0 Å². The van der Waals surface area contributed by atoms with E-state index in [1.165, 1.54) is 0 Å². The van der Waals surface area contributed by atoms with Crippen LogP contribution in [0.4, 0.5) is 26.3 Å². The van der Waals surface area contributed by atoms with E-state index in [9.17, 15) is 26.3 Å². The summed E-state index contributed by atoms with van der Waals surface area (Å²) in [5, 5.41) is -10.0. The topological polar surface area (TPSA) is 9.23 Å². The molecule has 0 rings (SSSR count). The molecule has 1 nitrogen and oxygen atoms in total. The van der Waals surface area contributed by atoms with Gasteiger partial charge in [0, 0.05) is 0 Å². The molecule has 0 heterocycles. The molecular formula is C5Cl6F6O. The normalized spacial score (nSPS) is 21.3. The van der Waals surface area contributed by atoms with Crippen LogP contribution in [0, 0.1) is 0 Å². The Labute approximate surface area is 126 Å². The maximum Gasteiger partial charge on any atom is 0.385 e. The molecule has 2 unspecified atom stereocenters. The fraction of sp³-hybridized carbons (Fsp3) is 1.00. The molecule has 0 saturated carbocycles. The number of rotatable bonds is 5. The highest BCUT2D eigenvalue weighted by Crippen LogP contribution is 2.56. The number of alkyl halides is 12. The van der Waals surface area contributed by atoms with Crippen molar-refractivity contribution in [1.82, 2.24) is 0 Å². The lowest BCUT2D eigenvalue weighted by Crippen LogP contribution is -2.58. The van der Waals surface area contributed by atoms with Crippen molar-refractivity contribution < 1.29 is 31.1 Å². The first kappa shape index (κ1) is 19.3. The number of hydrogen-bond donors (Lipinski definition) is 0. The zero-order valence-corrected chi connectivity index (χ0v) is 12.0. The zero-order valence-electron chi connectivity index (χ0n) is 7.44. The van der Waals surface area contributed by atoms with Gasteiger partial charge in [0.15, 0.2) is 0 Å². The molecule has 2 atom stereocenters. The Bertz CT molecular complexity index is 291. The van der Waals surface area contributed by atoms with E-state index in [-0.39, 0.29) is 0 Å². The summed E-state index contributed by atoms with van der Waals surface area (Å²) in [4.78, 5) is 0. The highest BCUT2D eigenvalue weighted by molar-refractivity contribution is 6.51. The molecular weight excluding hydrogens is 403 g/mol. The molecule has 0 radical (unpaired) electrons. The third-order valence-electron chi connectivity index (χ3n) is 1.33. The van der Waals surface area contributed by atoms with E-state index in [1.807, 2.05) is 0 Å². The predicted octanol–water partition coefficient (Wildman–Crippen LogP) is 5.56. The molecule has 0 aromatic carbocycles. The molecule has 0 aromatic rings. The molecule has 0 aliphatic rings. The smallest absolute Gasteiger partial charge is 0.280 e. The summed E-state index contributed by atoms with van der Waals surface area (Å²) in [7, 11) is 0. The van der Waals surface area contributed by atoms with Gasteiger partial charge in [0.1, 0.15) is 0 Å².